The maximum absolute atomic E-state index is 11.9. The lowest BCUT2D eigenvalue weighted by molar-refractivity contribution is -0.384. The molecule has 0 unspecified atom stereocenters. The number of carbonyl (C=O) groups excluding carboxylic acids is 1. The highest BCUT2D eigenvalue weighted by Crippen LogP contribution is 2.28. The first kappa shape index (κ1) is 15.2. The number of non-ortho nitro benzene ring substituents is 1. The second kappa shape index (κ2) is 7.03. The minimum atomic E-state index is -0.595. The number of nitro groups is 1. The Morgan fingerprint density at radius 1 is 1.43 bits per heavy atom. The fourth-order valence-corrected chi connectivity index (χ4v) is 2.46. The van der Waals surface area contributed by atoms with Gasteiger partial charge in [0.1, 0.15) is 5.75 Å². The number of hydrogen-bond acceptors (Lipinski definition) is 5. The van der Waals surface area contributed by atoms with Gasteiger partial charge in [0.05, 0.1) is 16.7 Å². The summed E-state index contributed by atoms with van der Waals surface area (Å²) in [5.41, 5.74) is -0.00360. The summed E-state index contributed by atoms with van der Waals surface area (Å²) >= 11 is 0. The molecule has 2 rings (SSSR count). The van der Waals surface area contributed by atoms with E-state index in [-0.39, 0.29) is 23.0 Å². The number of piperidine rings is 1. The number of nitrogens with zero attached hydrogens (tertiary/aromatic N) is 1. The van der Waals surface area contributed by atoms with Crippen LogP contribution in [0.25, 0.3) is 0 Å². The highest BCUT2D eigenvalue weighted by molar-refractivity contribution is 5.92. The van der Waals surface area contributed by atoms with Crippen LogP contribution < -0.4 is 10.6 Å². The van der Waals surface area contributed by atoms with E-state index in [4.69, 9.17) is 0 Å². The zero-order chi connectivity index (χ0) is 15.2. The number of anilines is 1. The SMILES string of the molecule is O=C(CCC1CCNCC1)Nc1ccc([N+](=O)[O-])cc1O. The first-order chi connectivity index (χ1) is 10.1. The van der Waals surface area contributed by atoms with Crippen LogP contribution in [0.5, 0.6) is 5.75 Å². The van der Waals surface area contributed by atoms with Gasteiger partial charge in [0.15, 0.2) is 0 Å². The van der Waals surface area contributed by atoms with Gasteiger partial charge in [0.2, 0.25) is 5.91 Å². The Kier molecular flexibility index (Phi) is 5.10. The van der Waals surface area contributed by atoms with Gasteiger partial charge < -0.3 is 15.7 Å². The predicted octanol–water partition coefficient (Wildman–Crippen LogP) is 2.02. The first-order valence-electron chi connectivity index (χ1n) is 7.04. The van der Waals surface area contributed by atoms with Crippen LogP contribution in [0, 0.1) is 16.0 Å². The van der Waals surface area contributed by atoms with Crippen molar-refractivity contribution in [1.29, 1.82) is 0 Å². The second-order valence-corrected chi connectivity index (χ2v) is 5.24. The number of benzene rings is 1. The number of aromatic hydroxyl groups is 1. The summed E-state index contributed by atoms with van der Waals surface area (Å²) in [5.74, 6) is 0.0829. The topological polar surface area (TPSA) is 104 Å². The molecular weight excluding hydrogens is 274 g/mol. The summed E-state index contributed by atoms with van der Waals surface area (Å²) in [6.45, 7) is 1.99. The average molecular weight is 293 g/mol. The number of rotatable bonds is 5. The molecule has 1 fully saturated rings. The lowest BCUT2D eigenvalue weighted by atomic mass is 9.93. The molecule has 0 bridgehead atoms. The van der Waals surface area contributed by atoms with Crippen LogP contribution in [0.1, 0.15) is 25.7 Å². The Morgan fingerprint density at radius 3 is 2.76 bits per heavy atom. The van der Waals surface area contributed by atoms with Crippen molar-refractivity contribution < 1.29 is 14.8 Å². The number of nitro benzene ring substituents is 1. The van der Waals surface area contributed by atoms with Crippen LogP contribution in [0.2, 0.25) is 0 Å². The quantitative estimate of drug-likeness (QED) is 0.437. The van der Waals surface area contributed by atoms with Gasteiger partial charge >= 0.3 is 0 Å². The summed E-state index contributed by atoms with van der Waals surface area (Å²) in [5, 5.41) is 26.1. The van der Waals surface area contributed by atoms with E-state index < -0.39 is 4.92 Å². The van der Waals surface area contributed by atoms with E-state index in [9.17, 15) is 20.0 Å². The van der Waals surface area contributed by atoms with E-state index >= 15 is 0 Å². The second-order valence-electron chi connectivity index (χ2n) is 5.24. The molecule has 0 atom stereocenters. The van der Waals surface area contributed by atoms with Gasteiger partial charge in [-0.15, -0.1) is 0 Å². The highest BCUT2D eigenvalue weighted by atomic mass is 16.6. The minimum Gasteiger partial charge on any atom is -0.506 e. The molecule has 1 aromatic rings. The van der Waals surface area contributed by atoms with Gasteiger partial charge in [-0.1, -0.05) is 0 Å². The zero-order valence-corrected chi connectivity index (χ0v) is 11.7. The van der Waals surface area contributed by atoms with E-state index in [0.29, 0.717) is 12.3 Å². The maximum Gasteiger partial charge on any atom is 0.273 e. The molecule has 0 saturated carbocycles. The van der Waals surface area contributed by atoms with E-state index in [0.717, 1.165) is 38.4 Å². The molecule has 7 heteroatoms. The van der Waals surface area contributed by atoms with Crippen molar-refractivity contribution in [3.05, 3.63) is 28.3 Å². The standard InChI is InChI=1S/C14H19N3O4/c18-13-9-11(17(20)21)2-3-12(13)16-14(19)4-1-10-5-7-15-8-6-10/h2-3,9-10,15,18H,1,4-8H2,(H,16,19). The third kappa shape index (κ3) is 4.42. The van der Waals surface area contributed by atoms with Crippen LogP contribution in [0.3, 0.4) is 0 Å². The number of amides is 1. The fourth-order valence-electron chi connectivity index (χ4n) is 2.46. The van der Waals surface area contributed by atoms with E-state index in [1.165, 1.54) is 12.1 Å². The predicted molar refractivity (Wildman–Crippen MR) is 78.2 cm³/mol. The number of phenolic OH excluding ortho intramolecular Hbond substituents is 1. The third-order valence-corrected chi connectivity index (χ3v) is 3.70. The third-order valence-electron chi connectivity index (χ3n) is 3.70. The molecule has 114 valence electrons. The Bertz CT molecular complexity index is 527. The number of hydrogen-bond donors (Lipinski definition) is 3. The van der Waals surface area contributed by atoms with Crippen LogP contribution in [-0.4, -0.2) is 29.0 Å². The zero-order valence-electron chi connectivity index (χ0n) is 11.7. The number of carbonyl (C=O) groups is 1. The minimum absolute atomic E-state index is 0.183. The molecule has 1 aromatic carbocycles. The molecule has 1 amide bonds. The summed E-state index contributed by atoms with van der Waals surface area (Å²) in [6.07, 6.45) is 3.37. The number of phenols is 1. The van der Waals surface area contributed by atoms with Crippen molar-refractivity contribution >= 4 is 17.3 Å². The molecule has 21 heavy (non-hydrogen) atoms. The van der Waals surface area contributed by atoms with Crippen molar-refractivity contribution in [2.45, 2.75) is 25.7 Å². The van der Waals surface area contributed by atoms with Crippen molar-refractivity contribution in [2.24, 2.45) is 5.92 Å². The Hall–Kier alpha value is -2.15. The van der Waals surface area contributed by atoms with Crippen LogP contribution >= 0.6 is 0 Å². The molecule has 0 radical (unpaired) electrons. The van der Waals surface area contributed by atoms with E-state index in [2.05, 4.69) is 10.6 Å². The Morgan fingerprint density at radius 2 is 2.14 bits per heavy atom. The molecule has 0 aromatic heterocycles. The van der Waals surface area contributed by atoms with Crippen LogP contribution in [-0.2, 0) is 4.79 Å². The molecule has 0 spiro atoms. The summed E-state index contributed by atoms with van der Waals surface area (Å²) < 4.78 is 0. The molecule has 1 saturated heterocycles. The van der Waals surface area contributed by atoms with Gasteiger partial charge in [-0.05, 0) is 44.3 Å². The van der Waals surface area contributed by atoms with Crippen molar-refractivity contribution in [1.82, 2.24) is 5.32 Å². The van der Waals surface area contributed by atoms with Crippen LogP contribution in [0.4, 0.5) is 11.4 Å². The molecule has 1 aliphatic rings. The lowest BCUT2D eigenvalue weighted by Crippen LogP contribution is -2.28. The average Bonchev–Trinajstić information content (AvgIpc) is 2.48. The van der Waals surface area contributed by atoms with Crippen LogP contribution in [0.15, 0.2) is 18.2 Å². The molecule has 3 N–H and O–H groups in total. The van der Waals surface area contributed by atoms with E-state index in [1.54, 1.807) is 0 Å². The first-order valence-corrected chi connectivity index (χ1v) is 7.04. The van der Waals surface area contributed by atoms with Crippen molar-refractivity contribution in [2.75, 3.05) is 18.4 Å². The molecule has 7 nitrogen and oxygen atoms in total. The van der Waals surface area contributed by atoms with E-state index in [1.807, 2.05) is 0 Å². The maximum atomic E-state index is 11.9. The smallest absolute Gasteiger partial charge is 0.273 e. The fraction of sp³-hybridized carbons (Fsp3) is 0.500. The molecule has 0 aliphatic carbocycles. The summed E-state index contributed by atoms with van der Waals surface area (Å²) in [4.78, 5) is 21.8. The lowest BCUT2D eigenvalue weighted by Gasteiger charge is -2.22. The van der Waals surface area contributed by atoms with Crippen molar-refractivity contribution in [3.8, 4) is 5.75 Å². The molecule has 1 heterocycles. The largest absolute Gasteiger partial charge is 0.506 e. The monoisotopic (exact) mass is 293 g/mol. The van der Waals surface area contributed by atoms with Gasteiger partial charge in [0.25, 0.3) is 5.69 Å². The van der Waals surface area contributed by atoms with Gasteiger partial charge in [-0.25, -0.2) is 0 Å². The van der Waals surface area contributed by atoms with Crippen molar-refractivity contribution in [3.63, 3.8) is 0 Å². The van der Waals surface area contributed by atoms with Gasteiger partial charge in [-0.3, -0.25) is 14.9 Å². The van der Waals surface area contributed by atoms with Gasteiger partial charge in [-0.2, -0.15) is 0 Å². The molecule has 1 aliphatic heterocycles. The Labute approximate surface area is 122 Å². The molecular formula is C14H19N3O4. The number of nitrogens with one attached hydrogen (secondary N) is 2. The Balaban J connectivity index is 1.85. The normalized spacial score (nSPS) is 15.6. The van der Waals surface area contributed by atoms with Gasteiger partial charge in [0, 0.05) is 12.5 Å². The highest BCUT2D eigenvalue weighted by Gasteiger charge is 2.16. The summed E-state index contributed by atoms with van der Waals surface area (Å²) in [6, 6.07) is 3.63. The summed E-state index contributed by atoms with van der Waals surface area (Å²) in [7, 11) is 0.